The Labute approximate surface area is 276 Å². The lowest BCUT2D eigenvalue weighted by Crippen LogP contribution is -2.44. The van der Waals surface area contributed by atoms with Crippen LogP contribution in [0, 0.1) is 5.41 Å². The van der Waals surface area contributed by atoms with Gasteiger partial charge in [-0.1, -0.05) is 72.9 Å². The molecule has 0 aromatic heterocycles. The molecule has 0 atom stereocenters. The van der Waals surface area contributed by atoms with Gasteiger partial charge in [-0.05, 0) is 29.7 Å². The number of hydrogen-bond acceptors (Lipinski definition) is 12. The SMILES string of the molecule is C=CC(=O)OCC(COC(=O)C=C)(COC(=O)C=C)COc1ccc(C(=O)/C(=N/OS(C)(=O)=O)c2ccc(Cl)cc2)c2ccccc12. The summed E-state index contributed by atoms with van der Waals surface area (Å²) >= 11 is 6.00. The van der Waals surface area contributed by atoms with Gasteiger partial charge < -0.3 is 18.9 Å². The summed E-state index contributed by atoms with van der Waals surface area (Å²) < 4.78 is 50.0. The van der Waals surface area contributed by atoms with E-state index in [0.717, 1.165) is 24.5 Å². The molecule has 0 spiro atoms. The van der Waals surface area contributed by atoms with Crippen molar-refractivity contribution in [3.8, 4) is 5.75 Å². The van der Waals surface area contributed by atoms with Gasteiger partial charge in [0.2, 0.25) is 5.78 Å². The van der Waals surface area contributed by atoms with Gasteiger partial charge in [0, 0.05) is 39.8 Å². The van der Waals surface area contributed by atoms with E-state index >= 15 is 0 Å². The standard InChI is InChI=1S/C33H30ClNO11S/c1-5-28(36)43-19-33(20-44-29(37)6-2,21-45-30(38)7-3)18-42-27-17-16-26(24-10-8-9-11-25(24)27)32(39)31(35-46-47(4,40)41)22-12-14-23(34)15-13-22/h5-17H,1-3,18-21H2,4H3/b35-31+. The molecule has 0 fully saturated rings. The molecule has 12 nitrogen and oxygen atoms in total. The molecular formula is C33H30ClNO11S. The summed E-state index contributed by atoms with van der Waals surface area (Å²) in [5.41, 5.74) is -1.34. The van der Waals surface area contributed by atoms with Crippen LogP contribution in [0.3, 0.4) is 0 Å². The quantitative estimate of drug-likeness (QED) is 0.0488. The first-order chi connectivity index (χ1) is 22.3. The predicted octanol–water partition coefficient (Wildman–Crippen LogP) is 4.61. The highest BCUT2D eigenvalue weighted by atomic mass is 35.5. The molecule has 246 valence electrons. The van der Waals surface area contributed by atoms with E-state index in [1.807, 2.05) is 0 Å². The third kappa shape index (κ3) is 10.4. The highest BCUT2D eigenvalue weighted by Gasteiger charge is 2.37. The van der Waals surface area contributed by atoms with E-state index in [1.165, 1.54) is 36.4 Å². The van der Waals surface area contributed by atoms with E-state index in [4.69, 9.17) is 30.5 Å². The van der Waals surface area contributed by atoms with Crippen LogP contribution in [0.2, 0.25) is 5.02 Å². The van der Waals surface area contributed by atoms with Crippen LogP contribution in [0.4, 0.5) is 0 Å². The maximum absolute atomic E-state index is 13.9. The first kappa shape index (κ1) is 36.2. The minimum atomic E-state index is -4.05. The average molecular weight is 684 g/mol. The summed E-state index contributed by atoms with van der Waals surface area (Å²) in [4.78, 5) is 49.7. The number of hydrogen-bond donors (Lipinski definition) is 0. The Morgan fingerprint density at radius 2 is 1.28 bits per heavy atom. The lowest BCUT2D eigenvalue weighted by Gasteiger charge is -2.31. The molecule has 0 radical (unpaired) electrons. The third-order valence-corrected chi connectivity index (χ3v) is 6.92. The largest absolute Gasteiger partial charge is 0.492 e. The van der Waals surface area contributed by atoms with E-state index in [1.54, 1.807) is 24.3 Å². The number of oxime groups is 1. The van der Waals surface area contributed by atoms with Crippen LogP contribution in [0.1, 0.15) is 15.9 Å². The lowest BCUT2D eigenvalue weighted by atomic mass is 9.91. The van der Waals surface area contributed by atoms with E-state index in [9.17, 15) is 27.6 Å². The molecule has 0 aliphatic rings. The van der Waals surface area contributed by atoms with E-state index in [-0.39, 0.29) is 29.2 Å². The number of carbonyl (C=O) groups excluding carboxylic acids is 4. The van der Waals surface area contributed by atoms with Crippen molar-refractivity contribution in [3.05, 3.63) is 115 Å². The normalized spacial score (nSPS) is 11.6. The number of ketones is 1. The molecule has 0 aliphatic heterocycles. The van der Waals surface area contributed by atoms with Crippen molar-refractivity contribution >= 4 is 61.9 Å². The minimum absolute atomic E-state index is 0.129. The lowest BCUT2D eigenvalue weighted by molar-refractivity contribution is -0.158. The number of esters is 3. The fourth-order valence-electron chi connectivity index (χ4n) is 3.99. The van der Waals surface area contributed by atoms with E-state index in [2.05, 4.69) is 29.2 Å². The van der Waals surface area contributed by atoms with Gasteiger partial charge in [0.1, 0.15) is 37.6 Å². The van der Waals surface area contributed by atoms with Crippen LogP contribution in [0.5, 0.6) is 5.75 Å². The van der Waals surface area contributed by atoms with Gasteiger partial charge in [0.25, 0.3) is 0 Å². The number of fused-ring (bicyclic) bond motifs is 1. The summed E-state index contributed by atoms with van der Waals surface area (Å²) in [5, 5.41) is 4.88. The second-order valence-electron chi connectivity index (χ2n) is 9.94. The van der Waals surface area contributed by atoms with E-state index < -0.39 is 59.0 Å². The van der Waals surface area contributed by atoms with Gasteiger partial charge in [-0.2, -0.15) is 8.42 Å². The van der Waals surface area contributed by atoms with Gasteiger partial charge in [0.05, 0.1) is 6.26 Å². The summed E-state index contributed by atoms with van der Waals surface area (Å²) in [7, 11) is -4.05. The molecule has 3 rings (SSSR count). The van der Waals surface area contributed by atoms with Crippen molar-refractivity contribution in [2.45, 2.75) is 0 Å². The van der Waals surface area contributed by atoms with Crippen LogP contribution in [-0.4, -0.2) is 70.5 Å². The third-order valence-electron chi connectivity index (χ3n) is 6.32. The Balaban J connectivity index is 2.06. The van der Waals surface area contributed by atoms with E-state index in [0.29, 0.717) is 15.8 Å². The molecule has 0 unspecified atom stereocenters. The molecule has 47 heavy (non-hydrogen) atoms. The van der Waals surface area contributed by atoms with Crippen LogP contribution < -0.4 is 4.74 Å². The second kappa shape index (κ2) is 16.3. The van der Waals surface area contributed by atoms with Crippen molar-refractivity contribution in [2.75, 3.05) is 32.7 Å². The smallest absolute Gasteiger partial charge is 0.330 e. The van der Waals surface area contributed by atoms with Crippen molar-refractivity contribution in [2.24, 2.45) is 10.6 Å². The molecule has 0 heterocycles. The van der Waals surface area contributed by atoms with Gasteiger partial charge >= 0.3 is 28.0 Å². The van der Waals surface area contributed by atoms with Gasteiger partial charge in [-0.3, -0.25) is 9.08 Å². The molecule has 3 aromatic rings. The number of carbonyl (C=O) groups is 4. The highest BCUT2D eigenvalue weighted by molar-refractivity contribution is 7.85. The number of ether oxygens (including phenoxy) is 4. The van der Waals surface area contributed by atoms with Crippen molar-refractivity contribution in [1.82, 2.24) is 0 Å². The average Bonchev–Trinajstić information content (AvgIpc) is 3.07. The van der Waals surface area contributed by atoms with Crippen LogP contribution in [0.15, 0.2) is 104 Å². The zero-order chi connectivity index (χ0) is 34.6. The molecular weight excluding hydrogens is 654 g/mol. The van der Waals surface area contributed by atoms with Crippen molar-refractivity contribution < 1.29 is 50.8 Å². The Kier molecular flexibility index (Phi) is 12.6. The maximum atomic E-state index is 13.9. The van der Waals surface area contributed by atoms with Crippen LogP contribution >= 0.6 is 11.6 Å². The Hall–Kier alpha value is -5.27. The highest BCUT2D eigenvalue weighted by Crippen LogP contribution is 2.32. The summed E-state index contributed by atoms with van der Waals surface area (Å²) in [5.74, 6) is -2.78. The van der Waals surface area contributed by atoms with Gasteiger partial charge in [-0.15, -0.1) is 0 Å². The zero-order valence-corrected chi connectivity index (χ0v) is 26.8. The number of Topliss-reactive ketones (excluding diaryl/α,β-unsaturated/α-hetero) is 1. The van der Waals surface area contributed by atoms with Crippen molar-refractivity contribution in [1.29, 1.82) is 0 Å². The maximum Gasteiger partial charge on any atom is 0.330 e. The molecule has 0 saturated carbocycles. The molecule has 0 saturated heterocycles. The van der Waals surface area contributed by atoms with Gasteiger partial charge in [0.15, 0.2) is 5.71 Å². The number of halogens is 1. The molecule has 0 bridgehead atoms. The fourth-order valence-corrected chi connectivity index (χ4v) is 4.33. The molecule has 0 aliphatic carbocycles. The Morgan fingerprint density at radius 3 is 1.77 bits per heavy atom. The summed E-state index contributed by atoms with van der Waals surface area (Å²) in [6.07, 6.45) is 3.59. The molecule has 0 amide bonds. The summed E-state index contributed by atoms with van der Waals surface area (Å²) in [6, 6.07) is 15.6. The minimum Gasteiger partial charge on any atom is -0.492 e. The number of benzene rings is 3. The predicted molar refractivity (Wildman–Crippen MR) is 174 cm³/mol. The fraction of sp³-hybridized carbons (Fsp3) is 0.182. The summed E-state index contributed by atoms with van der Waals surface area (Å²) in [6.45, 7) is 8.53. The first-order valence-corrected chi connectivity index (χ1v) is 15.8. The van der Waals surface area contributed by atoms with Crippen molar-refractivity contribution in [3.63, 3.8) is 0 Å². The number of rotatable bonds is 17. The Morgan fingerprint density at radius 1 is 0.766 bits per heavy atom. The molecule has 0 N–H and O–H groups in total. The second-order valence-corrected chi connectivity index (χ2v) is 11.9. The number of nitrogens with zero attached hydrogens (tertiary/aromatic N) is 1. The Bertz CT molecular complexity index is 1770. The zero-order valence-electron chi connectivity index (χ0n) is 25.2. The molecule has 3 aromatic carbocycles. The van der Waals surface area contributed by atoms with Crippen LogP contribution in [0.25, 0.3) is 10.8 Å². The van der Waals surface area contributed by atoms with Gasteiger partial charge in [-0.25, -0.2) is 14.4 Å². The monoisotopic (exact) mass is 683 g/mol. The van der Waals surface area contributed by atoms with Crippen LogP contribution in [-0.2, 0) is 43.0 Å². The topological polar surface area (TPSA) is 161 Å². The first-order valence-electron chi connectivity index (χ1n) is 13.6. The molecule has 14 heteroatoms.